The van der Waals surface area contributed by atoms with Gasteiger partial charge >= 0.3 is 0 Å². The predicted molar refractivity (Wildman–Crippen MR) is 76.8 cm³/mol. The number of likely N-dealkylation sites (tertiary alicyclic amines) is 1. The van der Waals surface area contributed by atoms with E-state index in [1.807, 2.05) is 6.92 Å². The Morgan fingerprint density at radius 2 is 1.80 bits per heavy atom. The van der Waals surface area contributed by atoms with Crippen molar-refractivity contribution in [3.63, 3.8) is 0 Å². The molecule has 1 saturated heterocycles. The zero-order valence-electron chi connectivity index (χ0n) is 11.6. The normalized spacial score (nSPS) is 15.6. The van der Waals surface area contributed by atoms with E-state index in [1.54, 1.807) is 29.2 Å². The van der Waals surface area contributed by atoms with Crippen molar-refractivity contribution in [2.24, 2.45) is 0 Å². The highest BCUT2D eigenvalue weighted by molar-refractivity contribution is 7.89. The van der Waals surface area contributed by atoms with Crippen LogP contribution in [0, 0.1) is 6.92 Å². The molecule has 1 fully saturated rings. The number of aryl methyl sites for hydroxylation is 1. The molecule has 5 nitrogen and oxygen atoms in total. The summed E-state index contributed by atoms with van der Waals surface area (Å²) in [6, 6.07) is 6.65. The van der Waals surface area contributed by atoms with Crippen LogP contribution in [0.5, 0.6) is 0 Å². The van der Waals surface area contributed by atoms with Crippen LogP contribution in [0.3, 0.4) is 0 Å². The lowest BCUT2D eigenvalue weighted by atomic mass is 10.2. The Kier molecular flexibility index (Phi) is 4.77. The lowest BCUT2D eigenvalue weighted by Gasteiger charge is -2.15. The summed E-state index contributed by atoms with van der Waals surface area (Å²) in [7, 11) is -3.52. The van der Waals surface area contributed by atoms with Gasteiger partial charge in [0.1, 0.15) is 0 Å². The Balaban J connectivity index is 1.86. The summed E-state index contributed by atoms with van der Waals surface area (Å²) in [4.78, 5) is 13.8. The first-order valence-corrected chi connectivity index (χ1v) is 8.31. The molecule has 0 aromatic heterocycles. The highest BCUT2D eigenvalue weighted by atomic mass is 32.2. The Morgan fingerprint density at radius 1 is 1.20 bits per heavy atom. The molecule has 0 bridgehead atoms. The molecule has 1 heterocycles. The molecule has 0 radical (unpaired) electrons. The van der Waals surface area contributed by atoms with Gasteiger partial charge in [-0.05, 0) is 31.9 Å². The summed E-state index contributed by atoms with van der Waals surface area (Å²) >= 11 is 0. The number of hydrogen-bond donors (Lipinski definition) is 1. The van der Waals surface area contributed by atoms with E-state index in [0.29, 0.717) is 0 Å². The second kappa shape index (κ2) is 6.37. The molecule has 0 atom stereocenters. The number of hydrogen-bond acceptors (Lipinski definition) is 3. The number of rotatable bonds is 5. The van der Waals surface area contributed by atoms with Crippen LogP contribution < -0.4 is 4.72 Å². The van der Waals surface area contributed by atoms with E-state index >= 15 is 0 Å². The zero-order chi connectivity index (χ0) is 14.6. The van der Waals surface area contributed by atoms with Crippen LogP contribution in [-0.2, 0) is 14.8 Å². The molecule has 0 saturated carbocycles. The van der Waals surface area contributed by atoms with Gasteiger partial charge in [0.05, 0.1) is 4.90 Å². The summed E-state index contributed by atoms with van der Waals surface area (Å²) in [6.45, 7) is 3.64. The van der Waals surface area contributed by atoms with Crippen molar-refractivity contribution in [1.82, 2.24) is 9.62 Å². The molecule has 2 rings (SSSR count). The molecule has 1 aromatic carbocycles. The second-order valence-electron chi connectivity index (χ2n) is 5.05. The van der Waals surface area contributed by atoms with Crippen molar-refractivity contribution in [2.75, 3.05) is 19.6 Å². The van der Waals surface area contributed by atoms with Gasteiger partial charge in [-0.15, -0.1) is 0 Å². The minimum Gasteiger partial charge on any atom is -0.343 e. The van der Waals surface area contributed by atoms with Crippen LogP contribution in [0.1, 0.15) is 24.8 Å². The van der Waals surface area contributed by atoms with Gasteiger partial charge in [0.15, 0.2) is 0 Å². The fourth-order valence-corrected chi connectivity index (χ4v) is 3.25. The van der Waals surface area contributed by atoms with Gasteiger partial charge in [0.2, 0.25) is 15.9 Å². The van der Waals surface area contributed by atoms with Crippen LogP contribution >= 0.6 is 0 Å². The minimum absolute atomic E-state index is 0.0223. The molecule has 0 spiro atoms. The fourth-order valence-electron chi connectivity index (χ4n) is 2.22. The quantitative estimate of drug-likeness (QED) is 0.890. The van der Waals surface area contributed by atoms with Crippen molar-refractivity contribution in [3.05, 3.63) is 29.8 Å². The van der Waals surface area contributed by atoms with Crippen molar-refractivity contribution in [3.8, 4) is 0 Å². The van der Waals surface area contributed by atoms with Gasteiger partial charge in [-0.1, -0.05) is 17.7 Å². The van der Waals surface area contributed by atoms with Crippen molar-refractivity contribution >= 4 is 15.9 Å². The zero-order valence-corrected chi connectivity index (χ0v) is 12.4. The topological polar surface area (TPSA) is 66.5 Å². The number of nitrogens with zero attached hydrogens (tertiary/aromatic N) is 1. The molecule has 1 N–H and O–H groups in total. The molecule has 1 aliphatic heterocycles. The molecule has 0 unspecified atom stereocenters. The molecule has 1 aliphatic rings. The van der Waals surface area contributed by atoms with Gasteiger partial charge in [-0.25, -0.2) is 13.1 Å². The van der Waals surface area contributed by atoms with Crippen molar-refractivity contribution in [2.45, 2.75) is 31.1 Å². The number of carbonyl (C=O) groups is 1. The smallest absolute Gasteiger partial charge is 0.240 e. The third kappa shape index (κ3) is 3.80. The first-order valence-electron chi connectivity index (χ1n) is 6.83. The number of nitrogens with one attached hydrogen (secondary N) is 1. The van der Waals surface area contributed by atoms with Gasteiger partial charge in [-0.3, -0.25) is 4.79 Å². The summed E-state index contributed by atoms with van der Waals surface area (Å²) in [5, 5.41) is 0. The summed E-state index contributed by atoms with van der Waals surface area (Å²) in [5.74, 6) is 0.0223. The number of carbonyl (C=O) groups excluding carboxylic acids is 1. The maximum Gasteiger partial charge on any atom is 0.240 e. The fraction of sp³-hybridized carbons (Fsp3) is 0.500. The van der Waals surface area contributed by atoms with E-state index in [1.165, 1.54) is 0 Å². The van der Waals surface area contributed by atoms with Crippen LogP contribution in [0.25, 0.3) is 0 Å². The monoisotopic (exact) mass is 296 g/mol. The molecule has 1 aromatic rings. The van der Waals surface area contributed by atoms with Crippen LogP contribution in [0.4, 0.5) is 0 Å². The van der Waals surface area contributed by atoms with Gasteiger partial charge in [0.25, 0.3) is 0 Å². The number of amides is 1. The third-order valence-corrected chi connectivity index (χ3v) is 4.90. The Labute approximate surface area is 120 Å². The predicted octanol–water partition coefficient (Wildman–Crippen LogP) is 1.29. The average molecular weight is 296 g/mol. The maximum absolute atomic E-state index is 12.0. The average Bonchev–Trinajstić information content (AvgIpc) is 2.93. The van der Waals surface area contributed by atoms with E-state index in [0.717, 1.165) is 31.5 Å². The maximum atomic E-state index is 12.0. The van der Waals surface area contributed by atoms with Crippen LogP contribution in [-0.4, -0.2) is 38.9 Å². The Bertz CT molecular complexity index is 561. The number of sulfonamides is 1. The molecule has 1 amide bonds. The largest absolute Gasteiger partial charge is 0.343 e. The lowest BCUT2D eigenvalue weighted by molar-refractivity contribution is -0.129. The van der Waals surface area contributed by atoms with E-state index in [2.05, 4.69) is 4.72 Å². The van der Waals surface area contributed by atoms with Crippen LogP contribution in [0.15, 0.2) is 29.2 Å². The minimum atomic E-state index is -3.52. The van der Waals surface area contributed by atoms with Crippen LogP contribution in [0.2, 0.25) is 0 Å². The van der Waals surface area contributed by atoms with E-state index in [9.17, 15) is 13.2 Å². The standard InChI is InChI=1S/C14H20N2O3S/c1-12-4-6-13(7-5-12)20(18,19)15-9-8-14(17)16-10-2-3-11-16/h4-7,15H,2-3,8-11H2,1H3. The van der Waals surface area contributed by atoms with E-state index in [4.69, 9.17) is 0 Å². The third-order valence-electron chi connectivity index (χ3n) is 3.42. The highest BCUT2D eigenvalue weighted by Gasteiger charge is 2.19. The summed E-state index contributed by atoms with van der Waals surface area (Å²) in [5.41, 5.74) is 1.01. The molecular weight excluding hydrogens is 276 g/mol. The summed E-state index contributed by atoms with van der Waals surface area (Å²) < 4.78 is 26.5. The van der Waals surface area contributed by atoms with Gasteiger partial charge < -0.3 is 4.90 Å². The number of benzene rings is 1. The molecule has 110 valence electrons. The van der Waals surface area contributed by atoms with Gasteiger partial charge in [-0.2, -0.15) is 0 Å². The molecular formula is C14H20N2O3S. The van der Waals surface area contributed by atoms with Crippen molar-refractivity contribution in [1.29, 1.82) is 0 Å². The van der Waals surface area contributed by atoms with E-state index in [-0.39, 0.29) is 23.8 Å². The first kappa shape index (κ1) is 15.0. The van der Waals surface area contributed by atoms with E-state index < -0.39 is 10.0 Å². The summed E-state index contributed by atoms with van der Waals surface area (Å²) in [6.07, 6.45) is 2.30. The molecule has 6 heteroatoms. The Morgan fingerprint density at radius 3 is 2.40 bits per heavy atom. The van der Waals surface area contributed by atoms with Gasteiger partial charge in [0, 0.05) is 26.1 Å². The molecule has 0 aliphatic carbocycles. The lowest BCUT2D eigenvalue weighted by Crippen LogP contribution is -2.32. The molecule has 20 heavy (non-hydrogen) atoms. The second-order valence-corrected chi connectivity index (χ2v) is 6.82. The van der Waals surface area contributed by atoms with Crippen molar-refractivity contribution < 1.29 is 13.2 Å². The highest BCUT2D eigenvalue weighted by Crippen LogP contribution is 2.11. The Hall–Kier alpha value is -1.40. The first-order chi connectivity index (χ1) is 9.49. The SMILES string of the molecule is Cc1ccc(S(=O)(=O)NCCC(=O)N2CCCC2)cc1.